The Labute approximate surface area is 261 Å². The van der Waals surface area contributed by atoms with Gasteiger partial charge in [0.25, 0.3) is 0 Å². The van der Waals surface area contributed by atoms with Gasteiger partial charge in [-0.25, -0.2) is 0 Å². The molecule has 0 aliphatic rings. The van der Waals surface area contributed by atoms with Gasteiger partial charge in [-0.1, -0.05) is 71.1 Å². The molecule has 0 aromatic heterocycles. The van der Waals surface area contributed by atoms with Crippen LogP contribution in [0.3, 0.4) is 0 Å². The summed E-state index contributed by atoms with van der Waals surface area (Å²) in [5.41, 5.74) is 3.80. The van der Waals surface area contributed by atoms with Crippen LogP contribution >= 0.6 is 0 Å². The van der Waals surface area contributed by atoms with Crippen molar-refractivity contribution in [1.82, 2.24) is 0 Å². The first-order valence-electron chi connectivity index (χ1n) is 16.7. The van der Waals surface area contributed by atoms with E-state index in [-0.39, 0.29) is 0 Å². The van der Waals surface area contributed by atoms with Crippen molar-refractivity contribution in [3.63, 3.8) is 0 Å². The minimum atomic E-state index is 0.816. The van der Waals surface area contributed by atoms with Gasteiger partial charge in [-0.2, -0.15) is 0 Å². The van der Waals surface area contributed by atoms with Crippen molar-refractivity contribution in [2.24, 2.45) is 4.99 Å². The Kier molecular flexibility index (Phi) is 20.9. The van der Waals surface area contributed by atoms with E-state index in [2.05, 4.69) is 37.8 Å². The van der Waals surface area contributed by atoms with Crippen LogP contribution in [0.5, 0.6) is 0 Å². The van der Waals surface area contributed by atoms with Gasteiger partial charge >= 0.3 is 191 Å². The number of benzene rings is 2. The first-order valence-corrected chi connectivity index (χ1v) is 17.2. The maximum atomic E-state index is 5.53. The molecule has 0 atom stereocenters. The molecule has 0 fully saturated rings. The van der Waals surface area contributed by atoms with Crippen molar-refractivity contribution < 1.29 is 19.3 Å². The fraction of sp³-hybridized carbons (Fsp3) is 0.579. The van der Waals surface area contributed by atoms with Crippen LogP contribution in [0, 0.1) is 11.8 Å². The number of nitrogens with zero attached hydrogens (tertiary/aromatic N) is 2. The standard InChI is InChI=1S/C38H56N2.Ni/c1-3-5-7-8-9-10-11-12-13-14-15-16-17-18-19-20-21-28-34-38(40-36-31-26-23-27-32-36)37(33-6-4-2)39-35-29-24-22-25-30-35;/h22-27,29-32H,3-21,33H2,1-2H3;/q;+1. The predicted molar refractivity (Wildman–Crippen MR) is 176 cm³/mol. The zero-order valence-electron chi connectivity index (χ0n) is 26.1. The molecule has 0 aliphatic heterocycles. The summed E-state index contributed by atoms with van der Waals surface area (Å²) in [6.07, 6.45) is 26.2. The fourth-order valence-corrected chi connectivity index (χ4v) is 5.41. The van der Waals surface area contributed by atoms with Crippen LogP contribution in [0.2, 0.25) is 0 Å². The van der Waals surface area contributed by atoms with Gasteiger partial charge in [-0.3, -0.25) is 0 Å². The molecular weight excluding hydrogens is 543 g/mol. The van der Waals surface area contributed by atoms with Crippen molar-refractivity contribution >= 4 is 22.8 Å². The average molecular weight is 600 g/mol. The molecule has 0 saturated heterocycles. The Morgan fingerprint density at radius 2 is 1.07 bits per heavy atom. The van der Waals surface area contributed by atoms with E-state index in [0.29, 0.717) is 0 Å². The first-order chi connectivity index (χ1) is 20.3. The van der Waals surface area contributed by atoms with Crippen molar-refractivity contribution in [3.05, 3.63) is 60.7 Å². The number of hydrogen-bond acceptors (Lipinski definition) is 1. The van der Waals surface area contributed by atoms with Gasteiger partial charge in [0.05, 0.1) is 0 Å². The molecular formula is C38H56N2Ni+. The molecule has 0 N–H and O–H groups in total. The van der Waals surface area contributed by atoms with Crippen LogP contribution in [0.25, 0.3) is 0 Å². The summed E-state index contributed by atoms with van der Waals surface area (Å²) in [4.78, 5) is 4.98. The van der Waals surface area contributed by atoms with Crippen molar-refractivity contribution in [2.75, 3.05) is 0 Å². The fourth-order valence-electron chi connectivity index (χ4n) is 5.05. The molecule has 0 amide bonds. The molecule has 3 heteroatoms. The quantitative estimate of drug-likeness (QED) is 0.0554. The van der Waals surface area contributed by atoms with Gasteiger partial charge in [0, 0.05) is 0 Å². The number of para-hydroxylation sites is 2. The van der Waals surface area contributed by atoms with E-state index in [1.807, 2.05) is 52.2 Å². The van der Waals surface area contributed by atoms with Crippen molar-refractivity contribution in [1.29, 1.82) is 0 Å². The zero-order valence-corrected chi connectivity index (χ0v) is 27.1. The molecule has 2 rings (SSSR count). The van der Waals surface area contributed by atoms with Gasteiger partial charge < -0.3 is 0 Å². The van der Waals surface area contributed by atoms with Crippen LogP contribution in [0.1, 0.15) is 142 Å². The van der Waals surface area contributed by atoms with Gasteiger partial charge in [0.15, 0.2) is 0 Å². The summed E-state index contributed by atoms with van der Waals surface area (Å²) in [6.45, 7) is 4.51. The van der Waals surface area contributed by atoms with Crippen molar-refractivity contribution in [2.45, 2.75) is 142 Å². The third-order valence-corrected chi connectivity index (χ3v) is 8.11. The van der Waals surface area contributed by atoms with E-state index >= 15 is 0 Å². The third-order valence-electron chi connectivity index (χ3n) is 7.59. The zero-order chi connectivity index (χ0) is 29.2. The molecule has 227 valence electrons. The van der Waals surface area contributed by atoms with Crippen LogP contribution in [-0.4, -0.2) is 15.1 Å². The van der Waals surface area contributed by atoms with E-state index in [0.717, 1.165) is 54.9 Å². The van der Waals surface area contributed by atoms with Crippen LogP contribution in [-0.2, 0) is 15.7 Å². The Bertz CT molecular complexity index is 1030. The summed E-state index contributed by atoms with van der Waals surface area (Å²) >= 11 is 5.53. The first kappa shape index (κ1) is 35.0. The summed E-state index contributed by atoms with van der Waals surface area (Å²) < 4.78 is 1.90. The second-order valence-electron chi connectivity index (χ2n) is 11.3. The monoisotopic (exact) mass is 598 g/mol. The number of rotatable bonds is 22. The summed E-state index contributed by atoms with van der Waals surface area (Å²) in [5, 5.41) is 0. The minimum absolute atomic E-state index is 0.816. The van der Waals surface area contributed by atoms with Crippen LogP contribution < -0.4 is 0 Å². The third kappa shape index (κ3) is 16.8. The van der Waals surface area contributed by atoms with E-state index < -0.39 is 0 Å². The van der Waals surface area contributed by atoms with Gasteiger partial charge in [0.1, 0.15) is 0 Å². The Hall–Kier alpha value is -2.17. The van der Waals surface area contributed by atoms with Gasteiger partial charge in [0.2, 0.25) is 0 Å². The average Bonchev–Trinajstić information content (AvgIpc) is 3.01. The van der Waals surface area contributed by atoms with E-state index in [1.165, 1.54) is 96.3 Å². The van der Waals surface area contributed by atoms with E-state index in [9.17, 15) is 0 Å². The molecule has 0 aliphatic carbocycles. The van der Waals surface area contributed by atoms with Crippen LogP contribution in [0.4, 0.5) is 11.4 Å². The topological polar surface area (TPSA) is 15.4 Å². The van der Waals surface area contributed by atoms with Gasteiger partial charge in [-0.05, 0) is 0 Å². The Morgan fingerprint density at radius 1 is 0.610 bits per heavy atom. The molecule has 2 aromatic carbocycles. The van der Waals surface area contributed by atoms with Gasteiger partial charge in [-0.15, -0.1) is 0 Å². The molecule has 0 bridgehead atoms. The Morgan fingerprint density at radius 3 is 1.59 bits per heavy atom. The molecule has 0 unspecified atom stereocenters. The number of unbranched alkanes of at least 4 members (excludes halogenated alkanes) is 17. The molecule has 0 spiro atoms. The molecule has 2 aromatic rings. The summed E-state index contributed by atoms with van der Waals surface area (Å²) in [6, 6.07) is 20.4. The second-order valence-corrected chi connectivity index (χ2v) is 11.7. The molecule has 41 heavy (non-hydrogen) atoms. The predicted octanol–water partition coefficient (Wildman–Crippen LogP) is 11.9. The number of hydrogen-bond donors (Lipinski definition) is 0. The van der Waals surface area contributed by atoms with Crippen LogP contribution in [0.15, 0.2) is 65.7 Å². The number of aliphatic imine (C=N–C) groups is 1. The summed E-state index contributed by atoms with van der Waals surface area (Å²) in [7, 11) is 0. The van der Waals surface area contributed by atoms with Crippen molar-refractivity contribution in [3.8, 4) is 11.8 Å². The summed E-state index contributed by atoms with van der Waals surface area (Å²) in [5.74, 6) is 6.89. The maximum absolute atomic E-state index is 5.53. The molecule has 2 nitrogen and oxygen atoms in total. The Balaban J connectivity index is 1.77. The van der Waals surface area contributed by atoms with E-state index in [4.69, 9.17) is 20.7 Å². The normalized spacial score (nSPS) is 12.1. The molecule has 0 saturated carbocycles. The SMILES string of the molecule is CCCCCCCCCCCCCCCCCCC#CC(=Nc1ccccc1)C(CCCC)=[N+]([Ni])c1ccccc1. The second kappa shape index (κ2) is 24.4. The molecule has 0 radical (unpaired) electrons. The molecule has 0 heterocycles. The van der Waals surface area contributed by atoms with E-state index in [1.54, 1.807) is 0 Å².